The maximum atomic E-state index is 13.0. The molecule has 21 heavy (non-hydrogen) atoms. The quantitative estimate of drug-likeness (QED) is 0.858. The van der Waals surface area contributed by atoms with E-state index in [-0.39, 0.29) is 12.1 Å². The van der Waals surface area contributed by atoms with Gasteiger partial charge in [0.25, 0.3) is 10.2 Å². The van der Waals surface area contributed by atoms with Gasteiger partial charge in [-0.25, -0.2) is 0 Å². The minimum Gasteiger partial charge on any atom is -0.468 e. The number of nitrogens with zero attached hydrogens (tertiary/aromatic N) is 2. The molecule has 1 saturated carbocycles. The zero-order valence-electron chi connectivity index (χ0n) is 12.1. The molecule has 1 aromatic heterocycles. The Balaban J connectivity index is 1.82. The highest BCUT2D eigenvalue weighted by atomic mass is 32.2. The summed E-state index contributed by atoms with van der Waals surface area (Å²) in [5, 5.41) is 0. The Labute approximate surface area is 126 Å². The molecule has 1 saturated heterocycles. The molecule has 1 aliphatic heterocycles. The lowest BCUT2D eigenvalue weighted by Gasteiger charge is -2.37. The summed E-state index contributed by atoms with van der Waals surface area (Å²) >= 11 is 0. The topological polar surface area (TPSA) is 79.8 Å². The molecule has 1 unspecified atom stereocenters. The standard InChI is InChI=1S/C14H23N3O3S/c15-10-13-4-1-2-8-16(13)21(18,19)17(12-6-7-12)11-14-5-3-9-20-14/h3,5,9,12-13H,1-2,4,6-8,10-11,15H2. The number of hydrogen-bond donors (Lipinski definition) is 1. The van der Waals surface area contributed by atoms with Crippen LogP contribution in [-0.4, -0.2) is 42.2 Å². The van der Waals surface area contributed by atoms with Gasteiger partial charge in [-0.3, -0.25) is 0 Å². The lowest BCUT2D eigenvalue weighted by molar-refractivity contribution is 0.228. The van der Waals surface area contributed by atoms with Crippen molar-refractivity contribution >= 4 is 10.2 Å². The highest BCUT2D eigenvalue weighted by Crippen LogP contribution is 2.34. The maximum absolute atomic E-state index is 13.0. The van der Waals surface area contributed by atoms with Crippen LogP contribution in [0.5, 0.6) is 0 Å². The van der Waals surface area contributed by atoms with Gasteiger partial charge in [0, 0.05) is 25.2 Å². The van der Waals surface area contributed by atoms with Gasteiger partial charge < -0.3 is 10.2 Å². The molecule has 2 aliphatic rings. The van der Waals surface area contributed by atoms with E-state index in [4.69, 9.17) is 10.2 Å². The van der Waals surface area contributed by atoms with E-state index < -0.39 is 10.2 Å². The molecule has 0 spiro atoms. The third-order valence-corrected chi connectivity index (χ3v) is 6.38. The highest BCUT2D eigenvalue weighted by Gasteiger charge is 2.43. The number of nitrogens with two attached hydrogens (primary N) is 1. The van der Waals surface area contributed by atoms with Gasteiger partial charge in [-0.1, -0.05) is 6.42 Å². The van der Waals surface area contributed by atoms with Crippen molar-refractivity contribution in [3.63, 3.8) is 0 Å². The van der Waals surface area contributed by atoms with Gasteiger partial charge in [0.05, 0.1) is 12.8 Å². The summed E-state index contributed by atoms with van der Waals surface area (Å²) in [5.41, 5.74) is 5.78. The Bertz CT molecular complexity index is 554. The Morgan fingerprint density at radius 3 is 2.76 bits per heavy atom. The van der Waals surface area contributed by atoms with Crippen LogP contribution in [0.3, 0.4) is 0 Å². The molecule has 2 fully saturated rings. The molecule has 0 aromatic carbocycles. The van der Waals surface area contributed by atoms with E-state index in [1.165, 1.54) is 0 Å². The maximum Gasteiger partial charge on any atom is 0.282 e. The Hall–Kier alpha value is -0.890. The molecule has 7 heteroatoms. The summed E-state index contributed by atoms with van der Waals surface area (Å²) in [6.07, 6.45) is 6.26. The van der Waals surface area contributed by atoms with E-state index >= 15 is 0 Å². The largest absolute Gasteiger partial charge is 0.468 e. The first-order chi connectivity index (χ1) is 10.1. The van der Waals surface area contributed by atoms with Crippen molar-refractivity contribution in [3.8, 4) is 0 Å². The molecular weight excluding hydrogens is 290 g/mol. The van der Waals surface area contributed by atoms with Crippen LogP contribution in [0.15, 0.2) is 22.8 Å². The summed E-state index contributed by atoms with van der Waals surface area (Å²) < 4.78 is 34.6. The van der Waals surface area contributed by atoms with Crippen molar-refractivity contribution in [3.05, 3.63) is 24.2 Å². The zero-order chi connectivity index (χ0) is 14.9. The molecule has 0 radical (unpaired) electrons. The van der Waals surface area contributed by atoms with Crippen molar-refractivity contribution in [2.45, 2.75) is 50.7 Å². The Morgan fingerprint density at radius 2 is 2.14 bits per heavy atom. The molecular formula is C14H23N3O3S. The molecule has 0 amide bonds. The predicted molar refractivity (Wildman–Crippen MR) is 79.6 cm³/mol. The van der Waals surface area contributed by atoms with Crippen LogP contribution in [0.2, 0.25) is 0 Å². The van der Waals surface area contributed by atoms with Crippen LogP contribution in [0.1, 0.15) is 37.9 Å². The second-order valence-corrected chi connectivity index (χ2v) is 7.69. The average Bonchev–Trinajstić information content (AvgIpc) is 3.20. The summed E-state index contributed by atoms with van der Waals surface area (Å²) in [6.45, 7) is 1.28. The molecule has 0 bridgehead atoms. The van der Waals surface area contributed by atoms with Gasteiger partial charge in [0.15, 0.2) is 0 Å². The molecule has 118 valence electrons. The van der Waals surface area contributed by atoms with Crippen molar-refractivity contribution in [2.75, 3.05) is 13.1 Å². The summed E-state index contributed by atoms with van der Waals surface area (Å²) in [5.74, 6) is 0.687. The van der Waals surface area contributed by atoms with Gasteiger partial charge in [-0.2, -0.15) is 17.0 Å². The van der Waals surface area contributed by atoms with Gasteiger partial charge in [-0.15, -0.1) is 0 Å². The molecule has 1 atom stereocenters. The minimum atomic E-state index is -3.47. The highest BCUT2D eigenvalue weighted by molar-refractivity contribution is 7.86. The second kappa shape index (κ2) is 6.08. The first-order valence-electron chi connectivity index (χ1n) is 7.64. The Kier molecular flexibility index (Phi) is 4.35. The molecule has 3 rings (SSSR count). The van der Waals surface area contributed by atoms with E-state index in [1.807, 2.05) is 6.07 Å². The normalized spacial score (nSPS) is 24.6. The predicted octanol–water partition coefficient (Wildman–Crippen LogP) is 1.30. The fourth-order valence-corrected chi connectivity index (χ4v) is 5.04. The van der Waals surface area contributed by atoms with E-state index in [2.05, 4.69) is 0 Å². The van der Waals surface area contributed by atoms with E-state index in [0.717, 1.165) is 32.1 Å². The van der Waals surface area contributed by atoms with Gasteiger partial charge in [0.1, 0.15) is 5.76 Å². The fraction of sp³-hybridized carbons (Fsp3) is 0.714. The molecule has 1 aromatic rings. The second-order valence-electron chi connectivity index (χ2n) is 5.86. The molecule has 6 nitrogen and oxygen atoms in total. The summed E-state index contributed by atoms with van der Waals surface area (Å²) in [7, 11) is -3.47. The van der Waals surface area contributed by atoms with Crippen molar-refractivity contribution in [1.29, 1.82) is 0 Å². The van der Waals surface area contributed by atoms with Crippen LogP contribution in [-0.2, 0) is 16.8 Å². The molecule has 2 heterocycles. The third-order valence-electron chi connectivity index (χ3n) is 4.28. The monoisotopic (exact) mass is 313 g/mol. The van der Waals surface area contributed by atoms with E-state index in [1.54, 1.807) is 20.9 Å². The summed E-state index contributed by atoms with van der Waals surface area (Å²) in [4.78, 5) is 0. The third kappa shape index (κ3) is 3.15. The van der Waals surface area contributed by atoms with Crippen LogP contribution in [0, 0.1) is 0 Å². The zero-order valence-corrected chi connectivity index (χ0v) is 13.0. The number of hydrogen-bond acceptors (Lipinski definition) is 4. The summed E-state index contributed by atoms with van der Waals surface area (Å²) in [6, 6.07) is 3.65. The SMILES string of the molecule is NCC1CCCCN1S(=O)(=O)N(Cc1ccco1)C1CC1. The molecule has 1 aliphatic carbocycles. The van der Waals surface area contributed by atoms with E-state index in [9.17, 15) is 8.42 Å². The first-order valence-corrected chi connectivity index (χ1v) is 9.03. The molecule has 2 N–H and O–H groups in total. The van der Waals surface area contributed by atoms with E-state index in [0.29, 0.717) is 25.4 Å². The van der Waals surface area contributed by atoms with Gasteiger partial charge >= 0.3 is 0 Å². The lowest BCUT2D eigenvalue weighted by atomic mass is 10.1. The average molecular weight is 313 g/mol. The fourth-order valence-electron chi connectivity index (χ4n) is 2.97. The van der Waals surface area contributed by atoms with Gasteiger partial charge in [0.2, 0.25) is 0 Å². The Morgan fingerprint density at radius 1 is 1.33 bits per heavy atom. The number of piperidine rings is 1. The number of furan rings is 1. The van der Waals surface area contributed by atoms with Crippen LogP contribution < -0.4 is 5.73 Å². The van der Waals surface area contributed by atoms with Crippen molar-refractivity contribution < 1.29 is 12.8 Å². The van der Waals surface area contributed by atoms with Crippen LogP contribution >= 0.6 is 0 Å². The van der Waals surface area contributed by atoms with Crippen molar-refractivity contribution in [1.82, 2.24) is 8.61 Å². The smallest absolute Gasteiger partial charge is 0.282 e. The number of rotatable bonds is 6. The van der Waals surface area contributed by atoms with Crippen LogP contribution in [0.25, 0.3) is 0 Å². The lowest BCUT2D eigenvalue weighted by Crippen LogP contribution is -2.53. The van der Waals surface area contributed by atoms with Crippen LogP contribution in [0.4, 0.5) is 0 Å². The van der Waals surface area contributed by atoms with Gasteiger partial charge in [-0.05, 0) is 37.8 Å². The first kappa shape index (κ1) is 15.0. The minimum absolute atomic E-state index is 0.0680. The van der Waals surface area contributed by atoms with Crippen molar-refractivity contribution in [2.24, 2.45) is 5.73 Å².